The topological polar surface area (TPSA) is 35.0 Å². The van der Waals surface area contributed by atoms with Crippen molar-refractivity contribution in [2.75, 3.05) is 6.61 Å². The molecule has 3 heteroatoms. The molecule has 0 aliphatic carbocycles. The van der Waals surface area contributed by atoms with Crippen LogP contribution in [0, 0.1) is 0 Å². The molecule has 1 heterocycles. The molecule has 1 aromatic carbocycles. The molecule has 2 aromatic rings. The molecule has 1 unspecified atom stereocenters. The van der Waals surface area contributed by atoms with E-state index < -0.39 is 0 Å². The maximum atomic E-state index is 5.83. The Morgan fingerprint density at radius 2 is 2.12 bits per heavy atom. The molecule has 2 rings (SSSR count). The highest BCUT2D eigenvalue weighted by Crippen LogP contribution is 2.15. The lowest BCUT2D eigenvalue weighted by molar-refractivity contribution is 0.0566. The summed E-state index contributed by atoms with van der Waals surface area (Å²) in [7, 11) is 0. The molecule has 26 heavy (non-hydrogen) atoms. The van der Waals surface area contributed by atoms with Crippen molar-refractivity contribution in [2.24, 2.45) is 0 Å². The number of hydrogen-bond acceptors (Lipinski definition) is 3. The van der Waals surface area contributed by atoms with Gasteiger partial charge in [0.05, 0.1) is 11.6 Å². The predicted molar refractivity (Wildman–Crippen MR) is 111 cm³/mol. The third kappa shape index (κ3) is 7.09. The lowest BCUT2D eigenvalue weighted by atomic mass is 10.1. The van der Waals surface area contributed by atoms with Gasteiger partial charge in [-0.05, 0) is 62.8 Å². The third-order valence-corrected chi connectivity index (χ3v) is 4.44. The number of aromatic nitrogens is 2. The smallest absolute Gasteiger partial charge is 0.152 e. The number of hydrogen-bond donors (Lipinski definition) is 0. The molecule has 0 saturated carbocycles. The second-order valence-corrected chi connectivity index (χ2v) is 6.84. The van der Waals surface area contributed by atoms with Crippen LogP contribution in [0.2, 0.25) is 0 Å². The number of rotatable bonds is 12. The summed E-state index contributed by atoms with van der Waals surface area (Å²) < 4.78 is 5.83. The average molecular weight is 353 g/mol. The lowest BCUT2D eigenvalue weighted by Crippen LogP contribution is -2.08. The maximum Gasteiger partial charge on any atom is 0.152 e. The van der Waals surface area contributed by atoms with E-state index in [0.29, 0.717) is 6.10 Å². The Kier molecular flexibility index (Phi) is 9.05. The zero-order valence-electron chi connectivity index (χ0n) is 16.3. The summed E-state index contributed by atoms with van der Waals surface area (Å²) in [4.78, 5) is 9.07. The van der Waals surface area contributed by atoms with Crippen molar-refractivity contribution in [1.29, 1.82) is 0 Å². The Labute approximate surface area is 158 Å². The van der Waals surface area contributed by atoms with E-state index in [2.05, 4.69) is 54.7 Å². The summed E-state index contributed by atoms with van der Waals surface area (Å²) in [5, 5.41) is 1.08. The monoisotopic (exact) mass is 352 g/mol. The van der Waals surface area contributed by atoms with Gasteiger partial charge in [0, 0.05) is 18.2 Å². The van der Waals surface area contributed by atoms with Crippen molar-refractivity contribution in [3.05, 3.63) is 54.5 Å². The number of ether oxygens (including phenoxy) is 1. The van der Waals surface area contributed by atoms with Crippen molar-refractivity contribution in [3.8, 4) is 0 Å². The van der Waals surface area contributed by atoms with Gasteiger partial charge in [0.15, 0.2) is 5.82 Å². The highest BCUT2D eigenvalue weighted by molar-refractivity contribution is 5.79. The number of nitrogens with zero attached hydrogens (tertiary/aromatic N) is 2. The van der Waals surface area contributed by atoms with Crippen LogP contribution in [0.1, 0.15) is 63.8 Å². The minimum Gasteiger partial charge on any atom is -0.379 e. The molecule has 3 nitrogen and oxygen atoms in total. The van der Waals surface area contributed by atoms with Crippen LogP contribution in [-0.2, 0) is 11.2 Å². The number of allylic oxidation sites excluding steroid dienone is 2. The van der Waals surface area contributed by atoms with Crippen molar-refractivity contribution >= 4 is 17.0 Å². The van der Waals surface area contributed by atoms with Crippen LogP contribution in [0.25, 0.3) is 17.0 Å². The van der Waals surface area contributed by atoms with E-state index in [0.717, 1.165) is 49.0 Å². The van der Waals surface area contributed by atoms with Crippen molar-refractivity contribution in [2.45, 2.75) is 64.9 Å². The van der Waals surface area contributed by atoms with E-state index >= 15 is 0 Å². The van der Waals surface area contributed by atoms with Gasteiger partial charge in [-0.1, -0.05) is 38.0 Å². The molecule has 1 aromatic heterocycles. The summed E-state index contributed by atoms with van der Waals surface area (Å²) in [6.07, 6.45) is 16.2. The number of unbranched alkanes of at least 4 members (excludes halogenated alkanes) is 3. The summed E-state index contributed by atoms with van der Waals surface area (Å²) in [5.74, 6) is 0.776. The van der Waals surface area contributed by atoms with Crippen LogP contribution in [0.15, 0.2) is 43.1 Å². The van der Waals surface area contributed by atoms with Gasteiger partial charge in [0.2, 0.25) is 0 Å². The van der Waals surface area contributed by atoms with Crippen molar-refractivity contribution < 1.29 is 4.74 Å². The van der Waals surface area contributed by atoms with Gasteiger partial charge in [0.1, 0.15) is 0 Å². The Bertz CT molecular complexity index is 708. The minimum atomic E-state index is 0.349. The molecule has 0 amide bonds. The molecule has 0 radical (unpaired) electrons. The van der Waals surface area contributed by atoms with Crippen LogP contribution in [0.3, 0.4) is 0 Å². The summed E-state index contributed by atoms with van der Waals surface area (Å²) >= 11 is 0. The van der Waals surface area contributed by atoms with Crippen LogP contribution in [0.4, 0.5) is 0 Å². The molecule has 140 valence electrons. The van der Waals surface area contributed by atoms with Gasteiger partial charge in [-0.25, -0.2) is 9.97 Å². The first-order valence-electron chi connectivity index (χ1n) is 9.87. The first-order valence-corrected chi connectivity index (χ1v) is 9.87. The summed E-state index contributed by atoms with van der Waals surface area (Å²) in [6, 6.07) is 6.30. The molecule has 0 bridgehead atoms. The zero-order chi connectivity index (χ0) is 18.6. The van der Waals surface area contributed by atoms with E-state index in [9.17, 15) is 0 Å². The normalized spacial score (nSPS) is 12.7. The molecule has 0 aliphatic heterocycles. The maximum absolute atomic E-state index is 5.83. The standard InChI is InChI=1S/C23H32N2O/c1-4-6-10-16-26-19(3)12-8-7-9-13-23-24-18-21-17-20(11-5-2)14-15-22(21)25-23/h5,9,13-15,17-19H,2,4,6-8,10-12,16H2,1,3H3/b13-9+. The van der Waals surface area contributed by atoms with Crippen LogP contribution in [-0.4, -0.2) is 22.7 Å². The SMILES string of the molecule is C=CCc1ccc2nc(/C=C/CCCC(C)OCCCCC)ncc2c1. The Morgan fingerprint density at radius 1 is 1.23 bits per heavy atom. The highest BCUT2D eigenvalue weighted by Gasteiger charge is 2.01. The second kappa shape index (κ2) is 11.6. The fourth-order valence-electron chi connectivity index (χ4n) is 2.90. The van der Waals surface area contributed by atoms with Crippen molar-refractivity contribution in [3.63, 3.8) is 0 Å². The number of benzene rings is 1. The lowest BCUT2D eigenvalue weighted by Gasteiger charge is -2.11. The van der Waals surface area contributed by atoms with Gasteiger partial charge in [-0.2, -0.15) is 0 Å². The molecule has 0 aliphatic rings. The van der Waals surface area contributed by atoms with Crippen LogP contribution >= 0.6 is 0 Å². The third-order valence-electron chi connectivity index (χ3n) is 4.44. The fourth-order valence-corrected chi connectivity index (χ4v) is 2.90. The Hall–Kier alpha value is -2.00. The van der Waals surface area contributed by atoms with E-state index in [1.165, 1.54) is 24.8 Å². The van der Waals surface area contributed by atoms with Gasteiger partial charge < -0.3 is 4.74 Å². The molecule has 0 fully saturated rings. The molecular weight excluding hydrogens is 320 g/mol. The van der Waals surface area contributed by atoms with Gasteiger partial charge in [0.25, 0.3) is 0 Å². The quantitative estimate of drug-likeness (QED) is 0.340. The average Bonchev–Trinajstić information content (AvgIpc) is 2.65. The largest absolute Gasteiger partial charge is 0.379 e. The van der Waals surface area contributed by atoms with Crippen LogP contribution in [0.5, 0.6) is 0 Å². The van der Waals surface area contributed by atoms with E-state index in [4.69, 9.17) is 4.74 Å². The Balaban J connectivity index is 1.75. The van der Waals surface area contributed by atoms with Crippen LogP contribution < -0.4 is 0 Å². The molecule has 1 atom stereocenters. The summed E-state index contributed by atoms with van der Waals surface area (Å²) in [5.41, 5.74) is 2.23. The highest BCUT2D eigenvalue weighted by atomic mass is 16.5. The van der Waals surface area contributed by atoms with E-state index in [-0.39, 0.29) is 0 Å². The second-order valence-electron chi connectivity index (χ2n) is 6.84. The van der Waals surface area contributed by atoms with Gasteiger partial charge in [-0.15, -0.1) is 6.58 Å². The Morgan fingerprint density at radius 3 is 2.92 bits per heavy atom. The molecule has 0 N–H and O–H groups in total. The van der Waals surface area contributed by atoms with Gasteiger partial charge in [-0.3, -0.25) is 0 Å². The fraction of sp³-hybridized carbons (Fsp3) is 0.478. The summed E-state index contributed by atoms with van der Waals surface area (Å²) in [6.45, 7) is 9.06. The first-order chi connectivity index (χ1) is 12.7. The van der Waals surface area contributed by atoms with E-state index in [1.807, 2.05) is 18.3 Å². The zero-order valence-corrected chi connectivity index (χ0v) is 16.3. The van der Waals surface area contributed by atoms with Gasteiger partial charge >= 0.3 is 0 Å². The molecule has 0 saturated heterocycles. The molecule has 0 spiro atoms. The first kappa shape index (κ1) is 20.3. The predicted octanol–water partition coefficient (Wildman–Crippen LogP) is 6.14. The van der Waals surface area contributed by atoms with E-state index in [1.54, 1.807) is 0 Å². The minimum absolute atomic E-state index is 0.349. The number of fused-ring (bicyclic) bond motifs is 1. The van der Waals surface area contributed by atoms with Crippen molar-refractivity contribution in [1.82, 2.24) is 9.97 Å². The molecular formula is C23H32N2O.